The van der Waals surface area contributed by atoms with Gasteiger partial charge in [0.1, 0.15) is 6.10 Å². The number of urea groups is 1. The fourth-order valence-electron chi connectivity index (χ4n) is 4.10. The minimum Gasteiger partial charge on any atom is -0.475 e. The van der Waals surface area contributed by atoms with Gasteiger partial charge in [0.05, 0.1) is 31.1 Å². The van der Waals surface area contributed by atoms with E-state index in [9.17, 15) is 18.0 Å². The quantitative estimate of drug-likeness (QED) is 0.769. The molecule has 1 saturated carbocycles. The summed E-state index contributed by atoms with van der Waals surface area (Å²) in [5.74, 6) is -2.76. The lowest BCUT2D eigenvalue weighted by molar-refractivity contribution is -0.192. The number of aromatic nitrogens is 1. The van der Waals surface area contributed by atoms with Crippen molar-refractivity contribution in [2.75, 3.05) is 26.2 Å². The molecule has 1 aromatic heterocycles. The monoisotopic (exact) mass is 445 g/mol. The second-order valence-corrected chi connectivity index (χ2v) is 7.62. The molecule has 8 nitrogen and oxygen atoms in total. The van der Waals surface area contributed by atoms with Crippen LogP contribution in [0.4, 0.5) is 18.0 Å². The summed E-state index contributed by atoms with van der Waals surface area (Å²) in [7, 11) is 0. The van der Waals surface area contributed by atoms with Gasteiger partial charge in [-0.25, -0.2) is 9.59 Å². The molecule has 3 fully saturated rings. The lowest BCUT2D eigenvalue weighted by atomic mass is 10.1. The van der Waals surface area contributed by atoms with Crippen LogP contribution in [-0.4, -0.2) is 82.6 Å². The molecule has 0 aromatic carbocycles. The molecule has 11 heteroatoms. The normalized spacial score (nSPS) is 25.6. The van der Waals surface area contributed by atoms with Crippen molar-refractivity contribution in [2.24, 2.45) is 0 Å². The fourth-order valence-corrected chi connectivity index (χ4v) is 4.10. The number of amides is 2. The predicted octanol–water partition coefficient (Wildman–Crippen LogP) is 2.68. The molecule has 2 saturated heterocycles. The molecule has 2 amide bonds. The number of hydrogen-bond acceptors (Lipinski definition) is 5. The number of hydrogen-bond donors (Lipinski definition) is 1. The van der Waals surface area contributed by atoms with E-state index < -0.39 is 12.1 Å². The van der Waals surface area contributed by atoms with Crippen LogP contribution in [0.2, 0.25) is 0 Å². The van der Waals surface area contributed by atoms with Gasteiger partial charge in [-0.2, -0.15) is 13.2 Å². The van der Waals surface area contributed by atoms with E-state index in [2.05, 4.69) is 4.98 Å². The largest absolute Gasteiger partial charge is 0.490 e. The summed E-state index contributed by atoms with van der Waals surface area (Å²) in [6.45, 7) is 3.59. The zero-order chi connectivity index (χ0) is 22.4. The average Bonchev–Trinajstić information content (AvgIpc) is 3.42. The van der Waals surface area contributed by atoms with Crippen LogP contribution in [0.25, 0.3) is 0 Å². The van der Waals surface area contributed by atoms with Crippen molar-refractivity contribution in [3.63, 3.8) is 0 Å². The third kappa shape index (κ3) is 6.07. The van der Waals surface area contributed by atoms with Gasteiger partial charge in [-0.05, 0) is 37.8 Å². The zero-order valence-electron chi connectivity index (χ0n) is 17.0. The zero-order valence-corrected chi connectivity index (χ0v) is 17.0. The lowest BCUT2D eigenvalue weighted by Crippen LogP contribution is -2.56. The van der Waals surface area contributed by atoms with Crippen molar-refractivity contribution in [2.45, 2.75) is 56.7 Å². The first-order chi connectivity index (χ1) is 14.8. The molecule has 3 heterocycles. The first-order valence-corrected chi connectivity index (χ1v) is 10.3. The van der Waals surface area contributed by atoms with Gasteiger partial charge in [0.25, 0.3) is 0 Å². The summed E-state index contributed by atoms with van der Waals surface area (Å²) in [4.78, 5) is 30.0. The molecular weight excluding hydrogens is 419 g/mol. The van der Waals surface area contributed by atoms with Crippen LogP contribution in [0.3, 0.4) is 0 Å². The highest BCUT2D eigenvalue weighted by molar-refractivity contribution is 5.75. The number of fused-ring (bicyclic) bond motifs is 1. The number of ether oxygens (including phenoxy) is 2. The van der Waals surface area contributed by atoms with E-state index in [1.54, 1.807) is 6.20 Å². The van der Waals surface area contributed by atoms with E-state index in [0.717, 1.165) is 44.5 Å². The lowest BCUT2D eigenvalue weighted by Gasteiger charge is -2.40. The van der Waals surface area contributed by atoms with E-state index in [0.29, 0.717) is 19.8 Å². The van der Waals surface area contributed by atoms with Gasteiger partial charge in [0.15, 0.2) is 0 Å². The minimum atomic E-state index is -5.08. The van der Waals surface area contributed by atoms with Gasteiger partial charge in [0, 0.05) is 25.8 Å². The van der Waals surface area contributed by atoms with E-state index in [1.807, 2.05) is 28.0 Å². The van der Waals surface area contributed by atoms with Crippen molar-refractivity contribution in [1.29, 1.82) is 0 Å². The number of aliphatic carboxylic acids is 1. The Morgan fingerprint density at radius 3 is 2.52 bits per heavy atom. The summed E-state index contributed by atoms with van der Waals surface area (Å²) in [6.07, 6.45) is 0.882. The molecule has 3 aliphatic rings. The van der Waals surface area contributed by atoms with Gasteiger partial charge >= 0.3 is 18.2 Å². The maximum absolute atomic E-state index is 12.8. The Balaban J connectivity index is 0.000000339. The second kappa shape index (κ2) is 10.3. The Kier molecular flexibility index (Phi) is 7.71. The Hall–Kier alpha value is -2.40. The molecule has 4 rings (SSSR count). The van der Waals surface area contributed by atoms with Crippen LogP contribution in [0.5, 0.6) is 0 Å². The number of alkyl halides is 3. The summed E-state index contributed by atoms with van der Waals surface area (Å²) in [6, 6.07) is 6.19. The molecule has 31 heavy (non-hydrogen) atoms. The number of morpholine rings is 1. The van der Waals surface area contributed by atoms with Gasteiger partial charge in [-0.3, -0.25) is 4.98 Å². The highest BCUT2D eigenvalue weighted by Crippen LogP contribution is 2.33. The number of likely N-dealkylation sites (tertiary alicyclic amines) is 1. The number of carboxylic acids is 1. The van der Waals surface area contributed by atoms with Gasteiger partial charge in [-0.1, -0.05) is 6.07 Å². The number of carbonyl (C=O) groups excluding carboxylic acids is 1. The second-order valence-electron chi connectivity index (χ2n) is 7.62. The molecule has 1 aromatic rings. The van der Waals surface area contributed by atoms with Crippen molar-refractivity contribution in [1.82, 2.24) is 14.8 Å². The minimum absolute atomic E-state index is 0.00554. The highest BCUT2D eigenvalue weighted by atomic mass is 19.4. The molecule has 2 aliphatic heterocycles. The molecule has 0 bridgehead atoms. The summed E-state index contributed by atoms with van der Waals surface area (Å²) in [5.41, 5.74) is 0.932. The average molecular weight is 445 g/mol. The Morgan fingerprint density at radius 2 is 1.90 bits per heavy atom. The maximum Gasteiger partial charge on any atom is 0.490 e. The molecule has 172 valence electrons. The van der Waals surface area contributed by atoms with Crippen LogP contribution in [0.1, 0.15) is 31.4 Å². The van der Waals surface area contributed by atoms with E-state index in [-0.39, 0.29) is 24.3 Å². The molecule has 0 radical (unpaired) electrons. The molecule has 3 atom stereocenters. The van der Waals surface area contributed by atoms with Crippen LogP contribution in [-0.2, 0) is 20.9 Å². The van der Waals surface area contributed by atoms with Crippen LogP contribution in [0.15, 0.2) is 24.4 Å². The SMILES string of the molecule is O=C(N1CCCC1)N1CCO[C@H]2[C@@H](OCc3ccccn3)CC[C@@H]21.O=C(O)C(F)(F)F. The fraction of sp³-hybridized carbons (Fsp3) is 0.650. The number of carboxylic acid groups (broad SMARTS) is 1. The van der Waals surface area contributed by atoms with Crippen LogP contribution < -0.4 is 0 Å². The number of rotatable bonds is 3. The Morgan fingerprint density at radius 1 is 1.19 bits per heavy atom. The maximum atomic E-state index is 12.8. The molecule has 1 N–H and O–H groups in total. The van der Waals surface area contributed by atoms with E-state index >= 15 is 0 Å². The number of carbonyl (C=O) groups is 2. The van der Waals surface area contributed by atoms with Crippen molar-refractivity contribution in [3.05, 3.63) is 30.1 Å². The van der Waals surface area contributed by atoms with Gasteiger partial charge in [-0.15, -0.1) is 0 Å². The predicted molar refractivity (Wildman–Crippen MR) is 102 cm³/mol. The number of nitrogens with zero attached hydrogens (tertiary/aromatic N) is 3. The highest BCUT2D eigenvalue weighted by Gasteiger charge is 2.46. The topological polar surface area (TPSA) is 92.2 Å². The number of pyridine rings is 1. The standard InChI is InChI=1S/C18H25N3O3.C2HF3O2/c22-18(20-9-3-4-10-20)21-11-12-23-17-15(21)6-7-16(17)24-13-14-5-1-2-8-19-14;3-2(4,5)1(6)7/h1-2,5,8,15-17H,3-4,6-7,9-13H2;(H,6,7)/t15-,16-,17+;/m0./s1. The van der Waals surface area contributed by atoms with Gasteiger partial charge in [0.2, 0.25) is 0 Å². The van der Waals surface area contributed by atoms with Crippen molar-refractivity contribution < 1.29 is 37.3 Å². The smallest absolute Gasteiger partial charge is 0.475 e. The van der Waals surface area contributed by atoms with E-state index in [1.165, 1.54) is 0 Å². The van der Waals surface area contributed by atoms with Crippen molar-refractivity contribution in [3.8, 4) is 0 Å². The summed E-state index contributed by atoms with van der Waals surface area (Å²) >= 11 is 0. The van der Waals surface area contributed by atoms with Gasteiger partial charge < -0.3 is 24.4 Å². The first kappa shape index (κ1) is 23.3. The summed E-state index contributed by atoms with van der Waals surface area (Å²) in [5, 5.41) is 7.12. The molecule has 0 spiro atoms. The van der Waals surface area contributed by atoms with Crippen LogP contribution in [0, 0.1) is 0 Å². The third-order valence-electron chi connectivity index (χ3n) is 5.57. The van der Waals surface area contributed by atoms with Crippen molar-refractivity contribution >= 4 is 12.0 Å². The number of halogens is 3. The first-order valence-electron chi connectivity index (χ1n) is 10.3. The molecule has 1 aliphatic carbocycles. The Bertz CT molecular complexity index is 743. The third-order valence-corrected chi connectivity index (χ3v) is 5.57. The molecule has 0 unspecified atom stereocenters. The van der Waals surface area contributed by atoms with E-state index in [4.69, 9.17) is 19.4 Å². The summed E-state index contributed by atoms with van der Waals surface area (Å²) < 4.78 is 43.8. The molecular formula is C20H26F3N3O5. The Labute approximate surface area is 177 Å². The van der Waals surface area contributed by atoms with Crippen LogP contribution >= 0.6 is 0 Å².